The number of alkyl halides is 1. The number of fused-ring (bicyclic) bond motifs is 7. The van der Waals surface area contributed by atoms with Crippen molar-refractivity contribution in [3.8, 4) is 0 Å². The van der Waals surface area contributed by atoms with Gasteiger partial charge >= 0.3 is 17.9 Å². The Labute approximate surface area is 292 Å². The molecule has 0 aromatic rings. The van der Waals surface area contributed by atoms with Gasteiger partial charge in [0.25, 0.3) is 0 Å². The van der Waals surface area contributed by atoms with E-state index < -0.39 is 55.1 Å². The Kier molecular flexibility index (Phi) is 10.2. The highest BCUT2D eigenvalue weighted by molar-refractivity contribution is 5.82. The normalized spacial score (nSPS) is 46.2. The first kappa shape index (κ1) is 36.5. The standard InChI is InChI=1S/C40H59FO8/c1-22-9-8-16-40(20-15-31-35(46-24(3)42)37(48-26(5)44)36(47-25(4)43)32(21-41)49-31)19-13-29-27(34(22)40)10-11-33-38(6)18-14-30(45)23(2)28(38)12-17-39(29,33)7/h10,22-23,28-29,31-37H,8-9,11-21H2,1-7H3. The van der Waals surface area contributed by atoms with E-state index in [-0.39, 0.29) is 22.2 Å². The Balaban J connectivity index is 1.29. The topological polar surface area (TPSA) is 105 Å². The molecule has 8 nitrogen and oxygen atoms in total. The third-order valence-corrected chi connectivity index (χ3v) is 14.8. The molecule has 9 heteroatoms. The van der Waals surface area contributed by atoms with Gasteiger partial charge < -0.3 is 18.9 Å². The summed E-state index contributed by atoms with van der Waals surface area (Å²) in [4.78, 5) is 49.4. The van der Waals surface area contributed by atoms with Crippen molar-refractivity contribution in [2.24, 2.45) is 51.8 Å². The Morgan fingerprint density at radius 1 is 0.857 bits per heavy atom. The minimum Gasteiger partial charge on any atom is -0.456 e. The molecule has 0 aromatic carbocycles. The van der Waals surface area contributed by atoms with E-state index in [0.717, 1.165) is 51.4 Å². The average molecular weight is 687 g/mol. The Morgan fingerprint density at radius 3 is 2.16 bits per heavy atom. The van der Waals surface area contributed by atoms with Crippen molar-refractivity contribution >= 4 is 23.7 Å². The highest BCUT2D eigenvalue weighted by Crippen LogP contribution is 2.70. The fraction of sp³-hybridized carbons (Fsp3) is 0.850. The van der Waals surface area contributed by atoms with E-state index in [2.05, 4.69) is 33.8 Å². The number of ether oxygens (including phenoxy) is 4. The summed E-state index contributed by atoms with van der Waals surface area (Å²) in [6.45, 7) is 12.5. The summed E-state index contributed by atoms with van der Waals surface area (Å²) in [6, 6.07) is 0. The molecule has 0 radical (unpaired) electrons. The molecule has 0 bridgehead atoms. The van der Waals surface area contributed by atoms with Crippen LogP contribution in [-0.2, 0) is 38.1 Å². The predicted molar refractivity (Wildman–Crippen MR) is 181 cm³/mol. The van der Waals surface area contributed by atoms with Gasteiger partial charge in [0.05, 0.1) is 6.10 Å². The lowest BCUT2D eigenvalue weighted by atomic mass is 9.38. The molecule has 1 aliphatic heterocycles. The van der Waals surface area contributed by atoms with Gasteiger partial charge in [-0.2, -0.15) is 0 Å². The van der Waals surface area contributed by atoms with Crippen molar-refractivity contribution in [2.45, 2.75) is 156 Å². The third-order valence-electron chi connectivity index (χ3n) is 14.8. The fourth-order valence-corrected chi connectivity index (χ4v) is 12.9. The molecule has 0 N–H and O–H groups in total. The summed E-state index contributed by atoms with van der Waals surface area (Å²) in [5.74, 6) is 1.28. The van der Waals surface area contributed by atoms with Crippen LogP contribution in [0.2, 0.25) is 0 Å². The SMILES string of the molecule is CC(=O)OC1C(CF)OC(CCC23CCCC(C)C2C2=CCC4C(C)(CCC5C(C)C(=O)CCC54C)C2CC3)C(OC(C)=O)C1OC(C)=O. The van der Waals surface area contributed by atoms with Gasteiger partial charge in [0, 0.05) is 33.1 Å². The molecule has 4 saturated carbocycles. The molecule has 6 rings (SSSR count). The van der Waals surface area contributed by atoms with E-state index in [1.165, 1.54) is 33.6 Å². The number of Topliss-reactive ketones (excluding diaryl/α,β-unsaturated/α-hetero) is 1. The van der Waals surface area contributed by atoms with Crippen LogP contribution in [0.5, 0.6) is 0 Å². The summed E-state index contributed by atoms with van der Waals surface area (Å²) in [6.07, 6.45) is 9.44. The molecule has 5 fully saturated rings. The van der Waals surface area contributed by atoms with Crippen LogP contribution >= 0.6 is 0 Å². The van der Waals surface area contributed by atoms with E-state index in [4.69, 9.17) is 18.9 Å². The number of allylic oxidation sites excluding steroid dienone is 2. The molecular formula is C40H59FO8. The first-order valence-corrected chi connectivity index (χ1v) is 19.1. The van der Waals surface area contributed by atoms with Crippen LogP contribution < -0.4 is 0 Å². The molecule has 274 valence electrons. The first-order valence-electron chi connectivity index (χ1n) is 19.1. The van der Waals surface area contributed by atoms with Crippen molar-refractivity contribution in [1.82, 2.24) is 0 Å². The van der Waals surface area contributed by atoms with Gasteiger partial charge in [-0.15, -0.1) is 0 Å². The van der Waals surface area contributed by atoms with Crippen LogP contribution in [-0.4, -0.2) is 60.9 Å². The molecule has 5 aliphatic carbocycles. The van der Waals surface area contributed by atoms with Gasteiger partial charge in [-0.25, -0.2) is 4.39 Å². The number of rotatable bonds is 7. The minimum atomic E-state index is -1.23. The monoisotopic (exact) mass is 686 g/mol. The van der Waals surface area contributed by atoms with Crippen LogP contribution in [0.3, 0.4) is 0 Å². The number of esters is 3. The van der Waals surface area contributed by atoms with Crippen LogP contribution in [0.15, 0.2) is 11.6 Å². The highest BCUT2D eigenvalue weighted by Gasteiger charge is 2.63. The number of ketones is 1. The van der Waals surface area contributed by atoms with E-state index in [1.54, 1.807) is 5.57 Å². The number of hydrogen-bond donors (Lipinski definition) is 0. The molecule has 14 unspecified atom stereocenters. The summed E-state index contributed by atoms with van der Waals surface area (Å²) in [7, 11) is 0. The van der Waals surface area contributed by atoms with Gasteiger partial charge in [0.1, 0.15) is 18.6 Å². The lowest BCUT2D eigenvalue weighted by molar-refractivity contribution is -0.250. The predicted octanol–water partition coefficient (Wildman–Crippen LogP) is 7.50. The van der Waals surface area contributed by atoms with Gasteiger partial charge in [0.15, 0.2) is 18.3 Å². The fourth-order valence-electron chi connectivity index (χ4n) is 12.9. The molecule has 14 atom stereocenters. The van der Waals surface area contributed by atoms with E-state index in [9.17, 15) is 23.6 Å². The highest BCUT2D eigenvalue weighted by atomic mass is 19.1. The minimum absolute atomic E-state index is 0.0368. The summed E-state index contributed by atoms with van der Waals surface area (Å²) < 4.78 is 37.6. The second-order valence-corrected chi connectivity index (χ2v) is 17.3. The molecule has 1 heterocycles. The van der Waals surface area contributed by atoms with Crippen molar-refractivity contribution in [3.05, 3.63) is 11.6 Å². The Hall–Kier alpha value is -2.29. The van der Waals surface area contributed by atoms with Crippen LogP contribution in [0.4, 0.5) is 4.39 Å². The number of carbonyl (C=O) groups is 4. The Bertz CT molecular complexity index is 1350. The summed E-state index contributed by atoms with van der Waals surface area (Å²) in [5, 5.41) is 0. The van der Waals surface area contributed by atoms with Crippen LogP contribution in [0, 0.1) is 51.8 Å². The van der Waals surface area contributed by atoms with Gasteiger partial charge in [-0.1, -0.05) is 52.2 Å². The smallest absolute Gasteiger partial charge is 0.303 e. The zero-order chi connectivity index (χ0) is 35.5. The summed E-state index contributed by atoms with van der Waals surface area (Å²) in [5.41, 5.74) is 2.08. The van der Waals surface area contributed by atoms with Gasteiger partial charge in [-0.05, 0) is 104 Å². The summed E-state index contributed by atoms with van der Waals surface area (Å²) >= 11 is 0. The van der Waals surface area contributed by atoms with E-state index >= 15 is 0 Å². The van der Waals surface area contributed by atoms with Crippen molar-refractivity contribution in [1.29, 1.82) is 0 Å². The van der Waals surface area contributed by atoms with Crippen LogP contribution in [0.25, 0.3) is 0 Å². The van der Waals surface area contributed by atoms with Crippen molar-refractivity contribution in [2.75, 3.05) is 6.67 Å². The van der Waals surface area contributed by atoms with Crippen LogP contribution in [0.1, 0.15) is 126 Å². The number of hydrogen-bond acceptors (Lipinski definition) is 8. The second-order valence-electron chi connectivity index (χ2n) is 17.3. The maximum Gasteiger partial charge on any atom is 0.303 e. The van der Waals surface area contributed by atoms with Gasteiger partial charge in [0.2, 0.25) is 0 Å². The zero-order valence-electron chi connectivity index (χ0n) is 30.8. The van der Waals surface area contributed by atoms with Crippen molar-refractivity contribution < 1.29 is 42.5 Å². The lowest BCUT2D eigenvalue weighted by Gasteiger charge is -2.66. The number of halogens is 1. The van der Waals surface area contributed by atoms with E-state index in [1.807, 2.05) is 0 Å². The maximum atomic E-state index is 14.5. The maximum absolute atomic E-state index is 14.5. The second kappa shape index (κ2) is 13.7. The van der Waals surface area contributed by atoms with Gasteiger partial charge in [-0.3, -0.25) is 19.2 Å². The first-order chi connectivity index (χ1) is 23.1. The van der Waals surface area contributed by atoms with Crippen molar-refractivity contribution in [3.63, 3.8) is 0 Å². The lowest BCUT2D eigenvalue weighted by Crippen LogP contribution is -2.62. The quantitative estimate of drug-likeness (QED) is 0.154. The van der Waals surface area contributed by atoms with E-state index in [0.29, 0.717) is 48.2 Å². The molecule has 0 spiro atoms. The molecule has 0 aromatic heterocycles. The molecule has 6 aliphatic rings. The largest absolute Gasteiger partial charge is 0.456 e. The third kappa shape index (κ3) is 6.30. The molecule has 0 amide bonds. The average Bonchev–Trinajstić information content (AvgIpc) is 3.03. The molecule has 49 heavy (non-hydrogen) atoms. The number of carbonyl (C=O) groups excluding carboxylic acids is 4. The Morgan fingerprint density at radius 2 is 1.51 bits per heavy atom. The zero-order valence-corrected chi connectivity index (χ0v) is 30.8. The molecular weight excluding hydrogens is 627 g/mol. The molecule has 1 saturated heterocycles.